The van der Waals surface area contributed by atoms with Gasteiger partial charge in [-0.15, -0.1) is 0 Å². The number of hydrogen-bond donors (Lipinski definition) is 3. The molecule has 3 unspecified atom stereocenters. The number of aliphatic hydroxyl groups is 2. The Morgan fingerprint density at radius 1 is 0.468 bits per heavy atom. The van der Waals surface area contributed by atoms with E-state index in [0.717, 1.165) is 70.6 Å². The van der Waals surface area contributed by atoms with Gasteiger partial charge in [-0.25, -0.2) is 0 Å². The Morgan fingerprint density at radius 2 is 0.855 bits per heavy atom. The molecule has 3 atom stereocenters. The zero-order valence-corrected chi connectivity index (χ0v) is 41.0. The van der Waals surface area contributed by atoms with Gasteiger partial charge in [0.2, 0.25) is 5.91 Å². The normalized spacial score (nSPS) is 13.7. The number of allylic oxidation sites excluding steroid dienone is 10. The molecule has 0 aliphatic rings. The van der Waals surface area contributed by atoms with E-state index in [9.17, 15) is 19.8 Å². The van der Waals surface area contributed by atoms with Crippen LogP contribution in [0.4, 0.5) is 0 Å². The molecule has 360 valence electrons. The van der Waals surface area contributed by atoms with Crippen molar-refractivity contribution in [3.63, 3.8) is 0 Å². The molecule has 6 heteroatoms. The summed E-state index contributed by atoms with van der Waals surface area (Å²) in [4.78, 5) is 26.2. The van der Waals surface area contributed by atoms with Crippen LogP contribution in [-0.4, -0.2) is 46.9 Å². The molecule has 0 aromatic rings. The van der Waals surface area contributed by atoms with Crippen LogP contribution in [-0.2, 0) is 14.3 Å². The second-order valence-corrected chi connectivity index (χ2v) is 18.1. The van der Waals surface area contributed by atoms with E-state index in [1.54, 1.807) is 0 Å². The molecule has 0 aliphatic heterocycles. The largest absolute Gasteiger partial charge is 0.462 e. The summed E-state index contributed by atoms with van der Waals surface area (Å²) in [5.41, 5.74) is 0. The third-order valence-electron chi connectivity index (χ3n) is 12.0. The molecule has 0 spiro atoms. The fourth-order valence-electron chi connectivity index (χ4n) is 7.93. The molecule has 0 radical (unpaired) electrons. The fourth-order valence-corrected chi connectivity index (χ4v) is 7.93. The average Bonchev–Trinajstić information content (AvgIpc) is 3.26. The number of aliphatic hydroxyl groups excluding tert-OH is 2. The average molecular weight is 868 g/mol. The highest BCUT2D eigenvalue weighted by Gasteiger charge is 2.24. The van der Waals surface area contributed by atoms with Crippen LogP contribution < -0.4 is 5.32 Å². The minimum absolute atomic E-state index is 0.0504. The summed E-state index contributed by atoms with van der Waals surface area (Å²) in [5, 5.41) is 23.7. The van der Waals surface area contributed by atoms with Crippen LogP contribution in [0.25, 0.3) is 0 Å². The predicted octanol–water partition coefficient (Wildman–Crippen LogP) is 16.0. The summed E-state index contributed by atoms with van der Waals surface area (Å²) in [6, 6.07) is -0.715. The maximum absolute atomic E-state index is 13.2. The van der Waals surface area contributed by atoms with Gasteiger partial charge in [0.1, 0.15) is 6.10 Å². The molecule has 0 heterocycles. The van der Waals surface area contributed by atoms with E-state index >= 15 is 0 Å². The van der Waals surface area contributed by atoms with Crippen LogP contribution in [0.1, 0.15) is 258 Å². The van der Waals surface area contributed by atoms with Gasteiger partial charge in [0, 0.05) is 6.42 Å². The monoisotopic (exact) mass is 868 g/mol. The second-order valence-electron chi connectivity index (χ2n) is 18.1. The first kappa shape index (κ1) is 59.6. The van der Waals surface area contributed by atoms with Crippen LogP contribution in [0.5, 0.6) is 0 Å². The smallest absolute Gasteiger partial charge is 0.306 e. The van der Waals surface area contributed by atoms with E-state index in [-0.39, 0.29) is 24.9 Å². The van der Waals surface area contributed by atoms with Crippen LogP contribution in [0.2, 0.25) is 0 Å². The number of unbranched alkanes of at least 4 members (excludes halogenated alkanes) is 29. The highest BCUT2D eigenvalue weighted by molar-refractivity contribution is 5.77. The Labute approximate surface area is 384 Å². The van der Waals surface area contributed by atoms with E-state index in [2.05, 4.69) is 50.4 Å². The molecule has 0 aromatic heterocycles. The number of carbonyl (C=O) groups excluding carboxylic acids is 2. The summed E-state index contributed by atoms with van der Waals surface area (Å²) in [7, 11) is 0. The van der Waals surface area contributed by atoms with Crippen molar-refractivity contribution in [1.82, 2.24) is 5.32 Å². The quantitative estimate of drug-likeness (QED) is 0.0322. The Balaban J connectivity index is 4.66. The van der Waals surface area contributed by atoms with Crippen LogP contribution in [0.3, 0.4) is 0 Å². The van der Waals surface area contributed by atoms with Crippen molar-refractivity contribution in [3.05, 3.63) is 60.8 Å². The molecule has 6 nitrogen and oxygen atoms in total. The van der Waals surface area contributed by atoms with Crippen molar-refractivity contribution >= 4 is 11.9 Å². The van der Waals surface area contributed by atoms with E-state index in [1.807, 2.05) is 36.5 Å². The number of esters is 1. The molecule has 0 rings (SSSR count). The third-order valence-corrected chi connectivity index (χ3v) is 12.0. The lowest BCUT2D eigenvalue weighted by molar-refractivity contribution is -0.151. The topological polar surface area (TPSA) is 95.9 Å². The fraction of sp³-hybridized carbons (Fsp3) is 0.786. The lowest BCUT2D eigenvalue weighted by atomic mass is 10.0. The number of nitrogens with one attached hydrogen (secondary N) is 1. The first-order valence-corrected chi connectivity index (χ1v) is 26.6. The van der Waals surface area contributed by atoms with Crippen LogP contribution in [0, 0.1) is 0 Å². The number of carbonyl (C=O) groups is 2. The minimum Gasteiger partial charge on any atom is -0.462 e. The van der Waals surface area contributed by atoms with Gasteiger partial charge in [-0.3, -0.25) is 9.59 Å². The summed E-state index contributed by atoms with van der Waals surface area (Å²) in [6.07, 6.45) is 61.3. The minimum atomic E-state index is -0.799. The van der Waals surface area contributed by atoms with Crippen molar-refractivity contribution in [2.75, 3.05) is 6.61 Å². The highest BCUT2D eigenvalue weighted by atomic mass is 16.5. The Hall–Kier alpha value is -2.44. The molecule has 0 aliphatic carbocycles. The van der Waals surface area contributed by atoms with Gasteiger partial charge in [-0.2, -0.15) is 0 Å². The van der Waals surface area contributed by atoms with Crippen molar-refractivity contribution < 1.29 is 24.5 Å². The molecule has 0 bridgehead atoms. The van der Waals surface area contributed by atoms with Gasteiger partial charge in [0.25, 0.3) is 0 Å². The van der Waals surface area contributed by atoms with Crippen LogP contribution >= 0.6 is 0 Å². The Morgan fingerprint density at radius 3 is 1.31 bits per heavy atom. The van der Waals surface area contributed by atoms with E-state index < -0.39 is 18.2 Å². The summed E-state index contributed by atoms with van der Waals surface area (Å²) in [6.45, 7) is 6.39. The maximum Gasteiger partial charge on any atom is 0.306 e. The zero-order chi connectivity index (χ0) is 45.2. The highest BCUT2D eigenvalue weighted by Crippen LogP contribution is 2.18. The summed E-state index contributed by atoms with van der Waals surface area (Å²) >= 11 is 0. The standard InChI is InChI=1S/C56H101NO5/c1-4-7-10-13-16-19-22-24-26-28-30-33-35-38-41-44-47-52(62-56(61)49-46-43-40-37-34-31-29-27-25-23-20-17-14-11-8-5-2)50-55(60)57-53(51-58)54(59)48-45-42-39-36-32-21-18-15-12-9-6-3/h10,13,16,19,22,24,26,28,30,33,52-54,58-59H,4-9,11-12,14-15,17-18,20-21,23,25,27,29,31-32,34-51H2,1-3H3,(H,57,60)/b13-10+,19-16+,24-22+,28-26+,33-30+. The van der Waals surface area contributed by atoms with Gasteiger partial charge in [0.15, 0.2) is 0 Å². The number of hydrogen-bond acceptors (Lipinski definition) is 5. The molecule has 1 amide bonds. The number of amides is 1. The molecule has 0 saturated carbocycles. The summed E-state index contributed by atoms with van der Waals surface area (Å²) < 4.78 is 5.93. The molecule has 0 aromatic carbocycles. The predicted molar refractivity (Wildman–Crippen MR) is 268 cm³/mol. The first-order valence-electron chi connectivity index (χ1n) is 26.6. The lowest BCUT2D eigenvalue weighted by Crippen LogP contribution is -2.46. The second kappa shape index (κ2) is 49.6. The van der Waals surface area contributed by atoms with Crippen molar-refractivity contribution in [3.8, 4) is 0 Å². The van der Waals surface area contributed by atoms with Crippen molar-refractivity contribution in [2.24, 2.45) is 0 Å². The van der Waals surface area contributed by atoms with Crippen molar-refractivity contribution in [1.29, 1.82) is 0 Å². The molecular formula is C56H101NO5. The SMILES string of the molecule is CCC/C=C/C=C/C=C/C=C/C=C/CCCCCC(CC(=O)NC(CO)C(O)CCCCCCCCCCCCC)OC(=O)CCCCCCCCCCCCCCCCCC. The van der Waals surface area contributed by atoms with Gasteiger partial charge in [-0.1, -0.05) is 261 Å². The third kappa shape index (κ3) is 44.2. The van der Waals surface area contributed by atoms with E-state index in [1.165, 1.54) is 141 Å². The molecular weight excluding hydrogens is 767 g/mol. The van der Waals surface area contributed by atoms with Crippen molar-refractivity contribution in [2.45, 2.75) is 277 Å². The molecule has 62 heavy (non-hydrogen) atoms. The summed E-state index contributed by atoms with van der Waals surface area (Å²) in [5.74, 6) is -0.509. The Kier molecular flexibility index (Phi) is 47.6. The van der Waals surface area contributed by atoms with Gasteiger partial charge >= 0.3 is 5.97 Å². The van der Waals surface area contributed by atoms with Crippen LogP contribution in [0.15, 0.2) is 60.8 Å². The van der Waals surface area contributed by atoms with Gasteiger partial charge in [-0.05, 0) is 44.9 Å². The van der Waals surface area contributed by atoms with Gasteiger partial charge < -0.3 is 20.3 Å². The molecule has 0 fully saturated rings. The van der Waals surface area contributed by atoms with E-state index in [0.29, 0.717) is 19.3 Å². The van der Waals surface area contributed by atoms with E-state index in [4.69, 9.17) is 4.74 Å². The maximum atomic E-state index is 13.2. The number of ether oxygens (including phenoxy) is 1. The first-order chi connectivity index (χ1) is 30.5. The molecule has 0 saturated heterocycles. The van der Waals surface area contributed by atoms with Gasteiger partial charge in [0.05, 0.1) is 25.2 Å². The number of rotatable bonds is 47. The molecule has 3 N–H and O–H groups in total. The lowest BCUT2D eigenvalue weighted by Gasteiger charge is -2.24. The Bertz CT molecular complexity index is 1110. The zero-order valence-electron chi connectivity index (χ0n) is 41.0.